The third-order valence-corrected chi connectivity index (χ3v) is 4.15. The van der Waals surface area contributed by atoms with E-state index in [0.717, 1.165) is 23.3 Å². The summed E-state index contributed by atoms with van der Waals surface area (Å²) in [5.74, 6) is 2.18. The number of tetrazole rings is 1. The average molecular weight is 362 g/mol. The highest BCUT2D eigenvalue weighted by molar-refractivity contribution is 5.57. The smallest absolute Gasteiger partial charge is 0.250 e. The Hall–Kier alpha value is -3.55. The van der Waals surface area contributed by atoms with E-state index in [1.165, 1.54) is 10.4 Å². The molecule has 0 aliphatic rings. The van der Waals surface area contributed by atoms with E-state index in [9.17, 15) is 0 Å². The van der Waals surface area contributed by atoms with E-state index >= 15 is 0 Å². The second-order valence-corrected chi connectivity index (χ2v) is 5.94. The molecule has 0 saturated carbocycles. The van der Waals surface area contributed by atoms with E-state index in [0.29, 0.717) is 17.5 Å². The van der Waals surface area contributed by atoms with Crippen molar-refractivity contribution < 1.29 is 9.26 Å². The molecular weight excluding hydrogens is 344 g/mol. The Morgan fingerprint density at radius 3 is 2.67 bits per heavy atom. The minimum Gasteiger partial charge on any atom is -0.497 e. The Labute approximate surface area is 155 Å². The van der Waals surface area contributed by atoms with Gasteiger partial charge < -0.3 is 9.26 Å². The maximum atomic E-state index is 5.31. The fourth-order valence-electron chi connectivity index (χ4n) is 2.63. The van der Waals surface area contributed by atoms with E-state index in [1.54, 1.807) is 7.11 Å². The first-order valence-corrected chi connectivity index (χ1v) is 8.59. The van der Waals surface area contributed by atoms with Gasteiger partial charge >= 0.3 is 0 Å². The summed E-state index contributed by atoms with van der Waals surface area (Å²) in [6, 6.07) is 15.6. The summed E-state index contributed by atoms with van der Waals surface area (Å²) >= 11 is 0. The Morgan fingerprint density at radius 2 is 1.89 bits per heavy atom. The zero-order valence-corrected chi connectivity index (χ0v) is 15.0. The third-order valence-electron chi connectivity index (χ3n) is 4.15. The second-order valence-electron chi connectivity index (χ2n) is 5.94. The van der Waals surface area contributed by atoms with Gasteiger partial charge in [-0.25, -0.2) is 0 Å². The van der Waals surface area contributed by atoms with Crippen molar-refractivity contribution in [2.24, 2.45) is 0 Å². The maximum absolute atomic E-state index is 5.31. The fourth-order valence-corrected chi connectivity index (χ4v) is 2.63. The zero-order valence-electron chi connectivity index (χ0n) is 15.0. The van der Waals surface area contributed by atoms with Gasteiger partial charge in [-0.2, -0.15) is 9.78 Å². The first-order chi connectivity index (χ1) is 13.2. The van der Waals surface area contributed by atoms with Crippen molar-refractivity contribution in [2.75, 3.05) is 7.11 Å². The molecule has 0 N–H and O–H groups in total. The lowest BCUT2D eigenvalue weighted by atomic mass is 10.1. The molecule has 0 aliphatic heterocycles. The average Bonchev–Trinajstić information content (AvgIpc) is 3.38. The van der Waals surface area contributed by atoms with Gasteiger partial charge in [0.15, 0.2) is 0 Å². The molecule has 4 aromatic rings. The molecule has 0 spiro atoms. The number of aromatic nitrogens is 6. The molecule has 8 heteroatoms. The predicted octanol–water partition coefficient (Wildman–Crippen LogP) is 3.01. The van der Waals surface area contributed by atoms with Gasteiger partial charge in [-0.05, 0) is 29.3 Å². The van der Waals surface area contributed by atoms with Gasteiger partial charge in [0.1, 0.15) is 12.3 Å². The van der Waals surface area contributed by atoms with Crippen molar-refractivity contribution in [1.29, 1.82) is 0 Å². The summed E-state index contributed by atoms with van der Waals surface area (Å²) < 4.78 is 10.5. The summed E-state index contributed by atoms with van der Waals surface area (Å²) in [5.41, 5.74) is 3.00. The van der Waals surface area contributed by atoms with Gasteiger partial charge in [0.25, 0.3) is 5.89 Å². The molecule has 27 heavy (non-hydrogen) atoms. The number of rotatable bonds is 6. The van der Waals surface area contributed by atoms with E-state index in [1.807, 2.05) is 36.4 Å². The van der Waals surface area contributed by atoms with E-state index in [4.69, 9.17) is 9.26 Å². The fraction of sp³-hybridized carbons (Fsp3) is 0.211. The number of ether oxygens (including phenoxy) is 1. The van der Waals surface area contributed by atoms with Gasteiger partial charge in [-0.15, -0.1) is 10.2 Å². The molecule has 0 bridgehead atoms. The molecule has 2 aromatic carbocycles. The summed E-state index contributed by atoms with van der Waals surface area (Å²) in [6.07, 6.45) is 0.993. The highest BCUT2D eigenvalue weighted by Crippen LogP contribution is 2.21. The van der Waals surface area contributed by atoms with Crippen molar-refractivity contribution in [3.63, 3.8) is 0 Å². The largest absolute Gasteiger partial charge is 0.497 e. The molecule has 0 atom stereocenters. The lowest BCUT2D eigenvalue weighted by molar-refractivity contribution is 0.356. The summed E-state index contributed by atoms with van der Waals surface area (Å²) in [7, 11) is 1.62. The first kappa shape index (κ1) is 16.9. The van der Waals surface area contributed by atoms with E-state index in [2.05, 4.69) is 44.6 Å². The maximum Gasteiger partial charge on any atom is 0.250 e. The van der Waals surface area contributed by atoms with Gasteiger partial charge in [0.05, 0.1) is 7.11 Å². The van der Waals surface area contributed by atoms with Crippen LogP contribution in [0.2, 0.25) is 0 Å². The number of hydrogen-bond acceptors (Lipinski definition) is 7. The van der Waals surface area contributed by atoms with Gasteiger partial charge in [0, 0.05) is 11.1 Å². The minimum absolute atomic E-state index is 0.247. The molecule has 0 radical (unpaired) electrons. The molecule has 2 heterocycles. The molecule has 0 amide bonds. The second kappa shape index (κ2) is 7.36. The van der Waals surface area contributed by atoms with E-state index < -0.39 is 0 Å². The van der Waals surface area contributed by atoms with E-state index in [-0.39, 0.29) is 6.54 Å². The van der Waals surface area contributed by atoms with Crippen molar-refractivity contribution in [3.8, 4) is 28.5 Å². The molecule has 8 nitrogen and oxygen atoms in total. The van der Waals surface area contributed by atoms with Crippen LogP contribution in [0, 0.1) is 0 Å². The zero-order chi connectivity index (χ0) is 18.6. The summed E-state index contributed by atoms with van der Waals surface area (Å²) in [6.45, 7) is 2.37. The van der Waals surface area contributed by atoms with Crippen molar-refractivity contribution in [1.82, 2.24) is 30.3 Å². The van der Waals surface area contributed by atoms with Gasteiger partial charge in [0.2, 0.25) is 11.6 Å². The lowest BCUT2D eigenvalue weighted by Crippen LogP contribution is -2.04. The molecule has 0 saturated heterocycles. The molecule has 0 fully saturated rings. The monoisotopic (exact) mass is 362 g/mol. The lowest BCUT2D eigenvalue weighted by Gasteiger charge is -1.99. The highest BCUT2D eigenvalue weighted by Gasteiger charge is 2.12. The van der Waals surface area contributed by atoms with Crippen LogP contribution in [0.25, 0.3) is 22.8 Å². The van der Waals surface area contributed by atoms with Crippen LogP contribution >= 0.6 is 0 Å². The van der Waals surface area contributed by atoms with Crippen LogP contribution in [0.1, 0.15) is 18.4 Å². The molecular formula is C19H18N6O2. The molecule has 0 unspecified atom stereocenters. The standard InChI is InChI=1S/C19H18N6O2/c1-3-13-7-9-14(10-8-13)19-21-24-25(22-19)12-17-20-18(23-27-17)15-5-4-6-16(11-15)26-2/h4-11H,3,12H2,1-2H3. The Morgan fingerprint density at radius 1 is 1.04 bits per heavy atom. The Kier molecular flexibility index (Phi) is 4.61. The minimum atomic E-state index is 0.247. The van der Waals surface area contributed by atoms with Gasteiger partial charge in [-0.3, -0.25) is 0 Å². The quantitative estimate of drug-likeness (QED) is 0.520. The SMILES string of the molecule is CCc1ccc(-c2nnn(Cc3nc(-c4cccc(OC)c4)no3)n2)cc1. The van der Waals surface area contributed by atoms with Crippen LogP contribution in [-0.4, -0.2) is 37.5 Å². The summed E-state index contributed by atoms with van der Waals surface area (Å²) in [4.78, 5) is 5.83. The van der Waals surface area contributed by atoms with Crippen molar-refractivity contribution >= 4 is 0 Å². The molecule has 4 rings (SSSR count). The predicted molar refractivity (Wildman–Crippen MR) is 98.0 cm³/mol. The van der Waals surface area contributed by atoms with Crippen LogP contribution in [0.5, 0.6) is 5.75 Å². The third kappa shape index (κ3) is 3.69. The summed E-state index contributed by atoms with van der Waals surface area (Å²) in [5, 5.41) is 16.6. The first-order valence-electron chi connectivity index (χ1n) is 8.59. The van der Waals surface area contributed by atoms with Crippen LogP contribution in [0.4, 0.5) is 0 Å². The topological polar surface area (TPSA) is 91.8 Å². The molecule has 2 aromatic heterocycles. The van der Waals surface area contributed by atoms with Crippen LogP contribution < -0.4 is 4.74 Å². The number of methoxy groups -OCH3 is 1. The van der Waals surface area contributed by atoms with Crippen molar-refractivity contribution in [3.05, 3.63) is 60.0 Å². The number of aryl methyl sites for hydroxylation is 1. The van der Waals surface area contributed by atoms with Crippen LogP contribution in [0.3, 0.4) is 0 Å². The molecule has 0 aliphatic carbocycles. The normalized spacial score (nSPS) is 10.9. The number of hydrogen-bond donors (Lipinski definition) is 0. The Bertz CT molecular complexity index is 1040. The van der Waals surface area contributed by atoms with Crippen LogP contribution in [-0.2, 0) is 13.0 Å². The van der Waals surface area contributed by atoms with Crippen LogP contribution in [0.15, 0.2) is 53.1 Å². The number of benzene rings is 2. The highest BCUT2D eigenvalue weighted by atomic mass is 16.5. The van der Waals surface area contributed by atoms with Crippen molar-refractivity contribution in [2.45, 2.75) is 19.9 Å². The Balaban J connectivity index is 1.50. The van der Waals surface area contributed by atoms with Gasteiger partial charge in [-0.1, -0.05) is 48.5 Å². The molecule has 136 valence electrons. The number of nitrogens with zero attached hydrogens (tertiary/aromatic N) is 6.